The van der Waals surface area contributed by atoms with E-state index in [2.05, 4.69) is 0 Å². The average Bonchev–Trinajstić information content (AvgIpc) is 2.64. The highest BCUT2D eigenvalue weighted by Gasteiger charge is 2.26. The van der Waals surface area contributed by atoms with Crippen LogP contribution in [-0.4, -0.2) is 21.5 Å². The second-order valence-electron chi connectivity index (χ2n) is 3.30. The molecule has 0 fully saturated rings. The zero-order valence-electron chi connectivity index (χ0n) is 8.27. The first-order chi connectivity index (χ1) is 7.92. The maximum absolute atomic E-state index is 11.0. The Morgan fingerprint density at radius 2 is 2.00 bits per heavy atom. The minimum absolute atomic E-state index is 0.0914. The molecule has 0 spiro atoms. The molecular weight excluding hydrogens is 291 g/mol. The number of aldehydes is 1. The maximum Gasteiger partial charge on any atom is 0.236 e. The molecule has 1 aliphatic rings. The van der Waals surface area contributed by atoms with E-state index in [9.17, 15) is 13.2 Å². The topological polar surface area (TPSA) is 69.7 Å². The van der Waals surface area contributed by atoms with Gasteiger partial charge in [0.25, 0.3) is 0 Å². The van der Waals surface area contributed by atoms with Gasteiger partial charge in [-0.1, -0.05) is 11.6 Å². The molecule has 0 bridgehead atoms. The number of carbonyl (C=O) groups excluding carboxylic acids is 1. The lowest BCUT2D eigenvalue weighted by atomic mass is 10.1. The molecule has 0 saturated carbocycles. The molecule has 0 saturated heterocycles. The normalized spacial score (nSPS) is 13.8. The van der Waals surface area contributed by atoms with Crippen molar-refractivity contribution in [1.29, 1.82) is 0 Å². The Bertz CT molecular complexity index is 582. The third kappa shape index (κ3) is 2.48. The van der Waals surface area contributed by atoms with Crippen LogP contribution in [0.25, 0.3) is 0 Å². The van der Waals surface area contributed by atoms with Crippen LogP contribution in [-0.2, 0) is 14.8 Å². The molecule has 1 aromatic rings. The van der Waals surface area contributed by atoms with Crippen molar-refractivity contribution in [3.63, 3.8) is 0 Å². The molecule has 0 aromatic heterocycles. The summed E-state index contributed by atoms with van der Waals surface area (Å²) in [6, 6.07) is 1.33. The van der Waals surface area contributed by atoms with Crippen molar-refractivity contribution >= 4 is 37.6 Å². The summed E-state index contributed by atoms with van der Waals surface area (Å²) in [5.41, 5.74) is 0.401. The lowest BCUT2D eigenvalue weighted by Gasteiger charge is -2.07. The predicted molar refractivity (Wildman–Crippen MR) is 61.4 cm³/mol. The zero-order valence-corrected chi connectivity index (χ0v) is 10.6. The fourth-order valence-corrected chi connectivity index (χ4v) is 2.73. The monoisotopic (exact) mass is 296 g/mol. The van der Waals surface area contributed by atoms with Crippen LogP contribution in [0.5, 0.6) is 11.5 Å². The summed E-state index contributed by atoms with van der Waals surface area (Å²) in [5, 5.41) is 0.0968. The first-order valence-corrected chi connectivity index (χ1v) is 7.26. The predicted octanol–water partition coefficient (Wildman–Crippen LogP) is 1.95. The molecule has 2 rings (SSSR count). The number of hydrogen-bond donors (Lipinski definition) is 0. The van der Waals surface area contributed by atoms with Crippen LogP contribution in [0, 0.1) is 0 Å². The number of halogens is 2. The summed E-state index contributed by atoms with van der Waals surface area (Å²) >= 11 is 5.84. The minimum atomic E-state index is -3.75. The molecule has 0 aliphatic carbocycles. The lowest BCUT2D eigenvalue weighted by Crippen LogP contribution is -1.99. The van der Waals surface area contributed by atoms with Crippen LogP contribution in [0.15, 0.2) is 6.07 Å². The first kappa shape index (κ1) is 12.5. The third-order valence-electron chi connectivity index (χ3n) is 2.15. The minimum Gasteiger partial charge on any atom is -0.453 e. The van der Waals surface area contributed by atoms with Crippen LogP contribution < -0.4 is 9.47 Å². The summed E-state index contributed by atoms with van der Waals surface area (Å²) in [6.45, 7) is -0.0914. The fraction of sp³-hybridized carbons (Fsp3) is 0.222. The van der Waals surface area contributed by atoms with Gasteiger partial charge in [-0.15, -0.1) is 0 Å². The van der Waals surface area contributed by atoms with E-state index in [1.807, 2.05) is 0 Å². The van der Waals surface area contributed by atoms with E-state index < -0.39 is 14.8 Å². The standard InChI is InChI=1S/C9H6Cl2O5S/c10-7-1-5(3-17(11,13)14)8-9(6(7)2-12)16-4-15-8/h1-2H,3-4H2. The number of benzene rings is 1. The van der Waals surface area contributed by atoms with Crippen molar-refractivity contribution in [3.05, 3.63) is 22.2 Å². The third-order valence-corrected chi connectivity index (χ3v) is 3.45. The van der Waals surface area contributed by atoms with Gasteiger partial charge in [0.2, 0.25) is 15.8 Å². The van der Waals surface area contributed by atoms with Crippen LogP contribution in [0.4, 0.5) is 0 Å². The molecule has 1 heterocycles. The molecule has 1 aromatic carbocycles. The van der Waals surface area contributed by atoms with Gasteiger partial charge in [0.15, 0.2) is 17.8 Å². The Morgan fingerprint density at radius 3 is 2.59 bits per heavy atom. The summed E-state index contributed by atoms with van der Waals surface area (Å²) in [4.78, 5) is 10.8. The van der Waals surface area contributed by atoms with Crippen molar-refractivity contribution < 1.29 is 22.7 Å². The van der Waals surface area contributed by atoms with E-state index in [0.717, 1.165) is 0 Å². The van der Waals surface area contributed by atoms with Crippen LogP contribution in [0.2, 0.25) is 5.02 Å². The fourth-order valence-electron chi connectivity index (χ4n) is 1.52. The molecule has 0 atom stereocenters. The van der Waals surface area contributed by atoms with Crippen LogP contribution >= 0.6 is 22.3 Å². The number of rotatable bonds is 3. The van der Waals surface area contributed by atoms with E-state index in [0.29, 0.717) is 6.29 Å². The van der Waals surface area contributed by atoms with Gasteiger partial charge in [0.1, 0.15) is 0 Å². The Labute approximate surface area is 107 Å². The molecule has 1 aliphatic heterocycles. The summed E-state index contributed by atoms with van der Waals surface area (Å²) < 4.78 is 32.2. The molecule has 5 nitrogen and oxygen atoms in total. The van der Waals surface area contributed by atoms with Gasteiger partial charge in [-0.25, -0.2) is 8.42 Å². The number of ether oxygens (including phenoxy) is 2. The highest BCUT2D eigenvalue weighted by atomic mass is 35.7. The Hall–Kier alpha value is -0.980. The van der Waals surface area contributed by atoms with E-state index in [-0.39, 0.29) is 34.4 Å². The van der Waals surface area contributed by atoms with E-state index >= 15 is 0 Å². The Kier molecular flexibility index (Phi) is 3.20. The quantitative estimate of drug-likeness (QED) is 0.630. The van der Waals surface area contributed by atoms with E-state index in [1.54, 1.807) is 0 Å². The first-order valence-electron chi connectivity index (χ1n) is 4.41. The van der Waals surface area contributed by atoms with Crippen molar-refractivity contribution in [2.45, 2.75) is 5.75 Å². The maximum atomic E-state index is 11.0. The van der Waals surface area contributed by atoms with Gasteiger partial charge < -0.3 is 9.47 Å². The smallest absolute Gasteiger partial charge is 0.236 e. The van der Waals surface area contributed by atoms with Gasteiger partial charge in [-0.05, 0) is 6.07 Å². The Morgan fingerprint density at radius 1 is 1.35 bits per heavy atom. The molecule has 0 N–H and O–H groups in total. The van der Waals surface area contributed by atoms with Gasteiger partial charge in [0.05, 0.1) is 16.3 Å². The van der Waals surface area contributed by atoms with Gasteiger partial charge in [0, 0.05) is 16.2 Å². The SMILES string of the molecule is O=Cc1c(Cl)cc(CS(=O)(=O)Cl)c2c1OCO2. The van der Waals surface area contributed by atoms with Crippen molar-refractivity contribution in [1.82, 2.24) is 0 Å². The molecule has 0 unspecified atom stereocenters. The zero-order chi connectivity index (χ0) is 12.6. The van der Waals surface area contributed by atoms with Crippen LogP contribution in [0.3, 0.4) is 0 Å². The average molecular weight is 297 g/mol. The molecule has 0 radical (unpaired) electrons. The molecular formula is C9H6Cl2O5S. The highest BCUT2D eigenvalue weighted by Crippen LogP contribution is 2.42. The number of fused-ring (bicyclic) bond motifs is 1. The lowest BCUT2D eigenvalue weighted by molar-refractivity contribution is 0.111. The second kappa shape index (κ2) is 4.36. The van der Waals surface area contributed by atoms with Crippen molar-refractivity contribution in [2.75, 3.05) is 6.79 Å². The van der Waals surface area contributed by atoms with Gasteiger partial charge in [-0.3, -0.25) is 4.79 Å². The summed E-state index contributed by atoms with van der Waals surface area (Å²) in [5.74, 6) is -0.0948. The summed E-state index contributed by atoms with van der Waals surface area (Å²) in [6.07, 6.45) is 0.523. The van der Waals surface area contributed by atoms with Crippen molar-refractivity contribution in [3.8, 4) is 11.5 Å². The molecule has 0 amide bonds. The largest absolute Gasteiger partial charge is 0.453 e. The number of hydrogen-bond acceptors (Lipinski definition) is 5. The second-order valence-corrected chi connectivity index (χ2v) is 6.48. The molecule has 17 heavy (non-hydrogen) atoms. The number of carbonyl (C=O) groups is 1. The van der Waals surface area contributed by atoms with Gasteiger partial charge >= 0.3 is 0 Å². The van der Waals surface area contributed by atoms with E-state index in [4.69, 9.17) is 31.8 Å². The molecule has 8 heteroatoms. The van der Waals surface area contributed by atoms with E-state index in [1.165, 1.54) is 6.07 Å². The van der Waals surface area contributed by atoms with Crippen LogP contribution in [0.1, 0.15) is 15.9 Å². The Balaban J connectivity index is 2.60. The summed E-state index contributed by atoms with van der Waals surface area (Å²) in [7, 11) is 1.41. The van der Waals surface area contributed by atoms with Crippen molar-refractivity contribution in [2.24, 2.45) is 0 Å². The highest BCUT2D eigenvalue weighted by molar-refractivity contribution is 8.13. The van der Waals surface area contributed by atoms with Gasteiger partial charge in [-0.2, -0.15) is 0 Å². The molecule has 92 valence electrons.